The van der Waals surface area contributed by atoms with Crippen LogP contribution >= 0.6 is 0 Å². The molecule has 0 saturated carbocycles. The molecule has 0 aromatic heterocycles. The number of para-hydroxylation sites is 1. The lowest BCUT2D eigenvalue weighted by atomic mass is 10.0. The molecule has 1 N–H and O–H groups in total. The molecule has 0 atom stereocenters. The fourth-order valence-electron chi connectivity index (χ4n) is 2.02. The second kappa shape index (κ2) is 7.15. The van der Waals surface area contributed by atoms with Crippen LogP contribution in [-0.2, 0) is 0 Å². The van der Waals surface area contributed by atoms with Crippen molar-refractivity contribution in [1.82, 2.24) is 0 Å². The van der Waals surface area contributed by atoms with Crippen molar-refractivity contribution in [2.75, 3.05) is 5.32 Å². The predicted octanol–water partition coefficient (Wildman–Crippen LogP) is 5.58. The highest BCUT2D eigenvalue weighted by Crippen LogP contribution is 2.22. The van der Waals surface area contributed by atoms with Crippen LogP contribution in [0, 0.1) is 0 Å². The van der Waals surface area contributed by atoms with E-state index in [2.05, 4.69) is 54.4 Å². The first-order valence-corrected chi connectivity index (χ1v) is 6.71. The molecule has 0 aliphatic carbocycles. The second-order valence-corrected chi connectivity index (χ2v) is 4.43. The van der Waals surface area contributed by atoms with Gasteiger partial charge in [-0.25, -0.2) is 0 Å². The molecule has 0 unspecified atom stereocenters. The molecule has 1 nitrogen and oxygen atoms in total. The van der Waals surface area contributed by atoms with Crippen molar-refractivity contribution >= 4 is 16.9 Å². The van der Waals surface area contributed by atoms with Gasteiger partial charge in [0.05, 0.1) is 0 Å². The minimum absolute atomic E-state index is 1.08. The molecule has 0 saturated heterocycles. The van der Waals surface area contributed by atoms with Gasteiger partial charge in [0.15, 0.2) is 0 Å². The third-order valence-electron chi connectivity index (χ3n) is 2.90. The summed E-state index contributed by atoms with van der Waals surface area (Å²) in [5.74, 6) is 0. The average Bonchev–Trinajstić information content (AvgIpc) is 2.48. The van der Waals surface area contributed by atoms with Crippen LogP contribution in [0.2, 0.25) is 0 Å². The zero-order valence-electron chi connectivity index (χ0n) is 11.7. The molecule has 2 aromatic carbocycles. The van der Waals surface area contributed by atoms with Gasteiger partial charge in [-0.2, -0.15) is 0 Å². The van der Waals surface area contributed by atoms with E-state index in [-0.39, 0.29) is 0 Å². The Morgan fingerprint density at radius 3 is 2.45 bits per heavy atom. The lowest BCUT2D eigenvalue weighted by Gasteiger charge is -2.09. The van der Waals surface area contributed by atoms with Crippen LogP contribution < -0.4 is 5.32 Å². The van der Waals surface area contributed by atoms with Gasteiger partial charge >= 0.3 is 0 Å². The molecule has 20 heavy (non-hydrogen) atoms. The summed E-state index contributed by atoms with van der Waals surface area (Å²) in [6, 6.07) is 18.5. The van der Waals surface area contributed by atoms with Crippen LogP contribution in [0.25, 0.3) is 5.57 Å². The minimum Gasteiger partial charge on any atom is -0.356 e. The van der Waals surface area contributed by atoms with Gasteiger partial charge in [-0.1, -0.05) is 61.2 Å². The molecular weight excluding hydrogens is 242 g/mol. The summed E-state index contributed by atoms with van der Waals surface area (Å²) in [4.78, 5) is 0. The molecule has 1 heteroatoms. The Labute approximate surface area is 121 Å². The summed E-state index contributed by atoms with van der Waals surface area (Å²) in [6.07, 6.45) is 7.95. The van der Waals surface area contributed by atoms with Crippen LogP contribution in [0.5, 0.6) is 0 Å². The average molecular weight is 261 g/mol. The molecule has 2 rings (SSSR count). The van der Waals surface area contributed by atoms with Crippen molar-refractivity contribution in [1.29, 1.82) is 0 Å². The summed E-state index contributed by atoms with van der Waals surface area (Å²) in [5, 5.41) is 3.41. The number of benzene rings is 2. The van der Waals surface area contributed by atoms with Gasteiger partial charge in [0.2, 0.25) is 0 Å². The number of nitrogens with one attached hydrogen (secondary N) is 1. The maximum Gasteiger partial charge on any atom is 0.0390 e. The maximum absolute atomic E-state index is 3.77. The predicted molar refractivity (Wildman–Crippen MR) is 89.2 cm³/mol. The standard InChI is InChI=1S/C19H19N/c1-3-9-16(10-4-2)17-11-8-14-19(15-17)20-18-12-6-5-7-13-18/h3-15,20H,1H2,2H3/b10-4-,16-9+. The molecule has 100 valence electrons. The van der Waals surface area contributed by atoms with Gasteiger partial charge in [0.25, 0.3) is 0 Å². The summed E-state index contributed by atoms with van der Waals surface area (Å²) in [6.45, 7) is 5.79. The minimum atomic E-state index is 1.08. The first-order valence-electron chi connectivity index (χ1n) is 6.71. The smallest absolute Gasteiger partial charge is 0.0390 e. The molecule has 0 aliphatic heterocycles. The van der Waals surface area contributed by atoms with E-state index in [1.54, 1.807) is 0 Å². The van der Waals surface area contributed by atoms with Crippen molar-refractivity contribution in [2.45, 2.75) is 6.92 Å². The fraction of sp³-hybridized carbons (Fsp3) is 0.0526. The number of allylic oxidation sites excluding steroid dienone is 5. The Bertz CT molecular complexity index is 621. The Hall–Kier alpha value is -2.54. The van der Waals surface area contributed by atoms with E-state index in [1.165, 1.54) is 5.56 Å². The lowest BCUT2D eigenvalue weighted by Crippen LogP contribution is -1.91. The van der Waals surface area contributed by atoms with Gasteiger partial charge in [-0.05, 0) is 42.3 Å². The quantitative estimate of drug-likeness (QED) is 0.693. The molecule has 0 heterocycles. The zero-order chi connectivity index (χ0) is 14.2. The highest BCUT2D eigenvalue weighted by molar-refractivity contribution is 5.77. The van der Waals surface area contributed by atoms with E-state index in [0.29, 0.717) is 0 Å². The Balaban J connectivity index is 2.28. The second-order valence-electron chi connectivity index (χ2n) is 4.43. The van der Waals surface area contributed by atoms with Gasteiger partial charge in [0, 0.05) is 11.4 Å². The Kier molecular flexibility index (Phi) is 4.96. The molecule has 0 bridgehead atoms. The third kappa shape index (κ3) is 3.72. The maximum atomic E-state index is 3.77. The first kappa shape index (κ1) is 13.9. The lowest BCUT2D eigenvalue weighted by molar-refractivity contribution is 1.52. The van der Waals surface area contributed by atoms with Crippen molar-refractivity contribution in [2.24, 2.45) is 0 Å². The van der Waals surface area contributed by atoms with Gasteiger partial charge in [-0.15, -0.1) is 0 Å². The van der Waals surface area contributed by atoms with Crippen LogP contribution in [0.1, 0.15) is 12.5 Å². The van der Waals surface area contributed by atoms with E-state index in [4.69, 9.17) is 0 Å². The van der Waals surface area contributed by atoms with Crippen LogP contribution in [0.4, 0.5) is 11.4 Å². The largest absolute Gasteiger partial charge is 0.356 e. The van der Waals surface area contributed by atoms with Crippen LogP contribution in [-0.4, -0.2) is 0 Å². The highest BCUT2D eigenvalue weighted by Gasteiger charge is 1.99. The molecule has 0 amide bonds. The van der Waals surface area contributed by atoms with Crippen LogP contribution in [0.3, 0.4) is 0 Å². The number of rotatable bonds is 5. The summed E-state index contributed by atoms with van der Waals surface area (Å²) in [7, 11) is 0. The number of hydrogen-bond donors (Lipinski definition) is 1. The first-order chi connectivity index (χ1) is 9.83. The SMILES string of the molecule is C=C/C=C(\C=C/C)c1cccc(Nc2ccccc2)c1. The van der Waals surface area contributed by atoms with Crippen molar-refractivity contribution in [3.05, 3.63) is 91.0 Å². The van der Waals surface area contributed by atoms with E-state index < -0.39 is 0 Å². The number of anilines is 2. The van der Waals surface area contributed by atoms with Crippen LogP contribution in [0.15, 0.2) is 85.5 Å². The van der Waals surface area contributed by atoms with E-state index >= 15 is 0 Å². The van der Waals surface area contributed by atoms with Crippen molar-refractivity contribution in [3.63, 3.8) is 0 Å². The van der Waals surface area contributed by atoms with Gasteiger partial charge < -0.3 is 5.32 Å². The number of hydrogen-bond acceptors (Lipinski definition) is 1. The molecule has 0 spiro atoms. The summed E-state index contributed by atoms with van der Waals surface area (Å²) >= 11 is 0. The van der Waals surface area contributed by atoms with Gasteiger partial charge in [0.1, 0.15) is 0 Å². The highest BCUT2D eigenvalue weighted by atomic mass is 14.9. The molecule has 0 aliphatic rings. The van der Waals surface area contributed by atoms with E-state index in [0.717, 1.165) is 16.9 Å². The van der Waals surface area contributed by atoms with E-state index in [1.807, 2.05) is 43.4 Å². The summed E-state index contributed by atoms with van der Waals surface area (Å²) < 4.78 is 0. The fourth-order valence-corrected chi connectivity index (χ4v) is 2.02. The van der Waals surface area contributed by atoms with Crippen molar-refractivity contribution < 1.29 is 0 Å². The zero-order valence-corrected chi connectivity index (χ0v) is 11.7. The Morgan fingerprint density at radius 2 is 1.75 bits per heavy atom. The molecule has 0 radical (unpaired) electrons. The topological polar surface area (TPSA) is 12.0 Å². The summed E-state index contributed by atoms with van der Waals surface area (Å²) in [5.41, 5.74) is 4.49. The monoisotopic (exact) mass is 261 g/mol. The third-order valence-corrected chi connectivity index (χ3v) is 2.90. The van der Waals surface area contributed by atoms with Gasteiger partial charge in [-0.3, -0.25) is 0 Å². The Morgan fingerprint density at radius 1 is 1.00 bits per heavy atom. The normalized spacial score (nSPS) is 11.6. The van der Waals surface area contributed by atoms with E-state index in [9.17, 15) is 0 Å². The van der Waals surface area contributed by atoms with Crippen molar-refractivity contribution in [3.8, 4) is 0 Å². The molecule has 2 aromatic rings. The molecular formula is C19H19N. The molecule has 0 fully saturated rings.